The van der Waals surface area contributed by atoms with Crippen LogP contribution >= 0.6 is 0 Å². The molecule has 9 nitrogen and oxygen atoms in total. The molecule has 0 saturated heterocycles. The summed E-state index contributed by atoms with van der Waals surface area (Å²) in [7, 11) is 0. The molecule has 1 aromatic heterocycles. The van der Waals surface area contributed by atoms with Crippen LogP contribution in [0, 0.1) is 16.0 Å². The summed E-state index contributed by atoms with van der Waals surface area (Å²) in [5.74, 6) is 0.0899. The zero-order chi connectivity index (χ0) is 21.8. The first-order valence-electron chi connectivity index (χ1n) is 9.68. The van der Waals surface area contributed by atoms with E-state index in [2.05, 4.69) is 20.9 Å². The molecule has 9 heteroatoms. The molecule has 156 valence electrons. The van der Waals surface area contributed by atoms with Crippen LogP contribution in [0.2, 0.25) is 0 Å². The monoisotopic (exact) mass is 417 g/mol. The standard InChI is InChI=1S/C22H19N5O4/c28-21(14-7-8-14)26-20-13-18(9-10-23-20)24-16-4-2-5-17(12-16)25-22(29)15-3-1-6-19(11-15)27(30)31/h1-6,9-14H,7-8H2,(H,25,29)(H2,23,24,26,28). The first kappa shape index (κ1) is 20.0. The Bertz CT molecular complexity index is 1160. The normalized spacial score (nSPS) is 12.6. The van der Waals surface area contributed by atoms with Crippen LogP contribution in [0.5, 0.6) is 0 Å². The summed E-state index contributed by atoms with van der Waals surface area (Å²) >= 11 is 0. The lowest BCUT2D eigenvalue weighted by Gasteiger charge is -2.11. The molecule has 0 bridgehead atoms. The van der Waals surface area contributed by atoms with Crippen LogP contribution in [-0.4, -0.2) is 21.7 Å². The number of nitrogens with one attached hydrogen (secondary N) is 3. The third-order valence-electron chi connectivity index (χ3n) is 4.69. The Labute approximate surface area is 177 Å². The molecule has 2 aromatic carbocycles. The summed E-state index contributed by atoms with van der Waals surface area (Å²) in [4.78, 5) is 38.9. The number of nitro groups is 1. The second kappa shape index (κ2) is 8.62. The number of hydrogen-bond acceptors (Lipinski definition) is 6. The Morgan fingerprint density at radius 3 is 2.45 bits per heavy atom. The van der Waals surface area contributed by atoms with Gasteiger partial charge in [-0.1, -0.05) is 12.1 Å². The fourth-order valence-electron chi connectivity index (χ4n) is 2.96. The summed E-state index contributed by atoms with van der Waals surface area (Å²) < 4.78 is 0. The third kappa shape index (κ3) is 5.21. The summed E-state index contributed by atoms with van der Waals surface area (Å²) in [6, 6.07) is 16.1. The second-order valence-corrected chi connectivity index (χ2v) is 7.16. The lowest BCUT2D eigenvalue weighted by Crippen LogP contribution is -2.14. The van der Waals surface area contributed by atoms with Crippen molar-refractivity contribution in [1.29, 1.82) is 0 Å². The predicted molar refractivity (Wildman–Crippen MR) is 116 cm³/mol. The molecular weight excluding hydrogens is 398 g/mol. The topological polar surface area (TPSA) is 126 Å². The zero-order valence-electron chi connectivity index (χ0n) is 16.4. The molecule has 1 aliphatic carbocycles. The highest BCUT2D eigenvalue weighted by atomic mass is 16.6. The smallest absolute Gasteiger partial charge is 0.270 e. The molecule has 0 aliphatic heterocycles. The van der Waals surface area contributed by atoms with Gasteiger partial charge in [0.25, 0.3) is 11.6 Å². The number of aromatic nitrogens is 1. The summed E-state index contributed by atoms with van der Waals surface area (Å²) in [5, 5.41) is 19.7. The van der Waals surface area contributed by atoms with E-state index < -0.39 is 10.8 Å². The van der Waals surface area contributed by atoms with E-state index in [9.17, 15) is 19.7 Å². The van der Waals surface area contributed by atoms with Crippen molar-refractivity contribution in [3.05, 3.63) is 82.5 Å². The van der Waals surface area contributed by atoms with E-state index >= 15 is 0 Å². The molecular formula is C22H19N5O4. The lowest BCUT2D eigenvalue weighted by molar-refractivity contribution is -0.384. The maximum atomic E-state index is 12.5. The quantitative estimate of drug-likeness (QED) is 0.388. The summed E-state index contributed by atoms with van der Waals surface area (Å²) in [6.45, 7) is 0. The lowest BCUT2D eigenvalue weighted by atomic mass is 10.2. The molecule has 0 unspecified atom stereocenters. The number of amides is 2. The number of nitro benzene ring substituents is 1. The van der Waals surface area contributed by atoms with Crippen molar-refractivity contribution in [2.24, 2.45) is 5.92 Å². The number of nitrogens with zero attached hydrogens (tertiary/aromatic N) is 2. The Balaban J connectivity index is 1.44. The van der Waals surface area contributed by atoms with E-state index in [0.717, 1.165) is 18.5 Å². The molecule has 4 rings (SSSR count). The number of non-ortho nitro benzene ring substituents is 1. The zero-order valence-corrected chi connectivity index (χ0v) is 16.4. The average Bonchev–Trinajstić information content (AvgIpc) is 3.60. The molecule has 0 radical (unpaired) electrons. The predicted octanol–water partition coefficient (Wildman–Crippen LogP) is 4.33. The Hall–Kier alpha value is -4.27. The van der Waals surface area contributed by atoms with E-state index in [1.165, 1.54) is 24.3 Å². The fraction of sp³-hybridized carbons (Fsp3) is 0.136. The van der Waals surface area contributed by atoms with E-state index in [0.29, 0.717) is 17.2 Å². The van der Waals surface area contributed by atoms with Crippen molar-refractivity contribution in [3.8, 4) is 0 Å². The van der Waals surface area contributed by atoms with Crippen LogP contribution in [0.25, 0.3) is 0 Å². The number of hydrogen-bond donors (Lipinski definition) is 3. The van der Waals surface area contributed by atoms with Gasteiger partial charge in [0.05, 0.1) is 4.92 Å². The molecule has 0 spiro atoms. The van der Waals surface area contributed by atoms with Gasteiger partial charge in [-0.15, -0.1) is 0 Å². The van der Waals surface area contributed by atoms with Gasteiger partial charge in [0.2, 0.25) is 5.91 Å². The first-order chi connectivity index (χ1) is 15.0. The van der Waals surface area contributed by atoms with Gasteiger partial charge in [-0.2, -0.15) is 0 Å². The van der Waals surface area contributed by atoms with Crippen molar-refractivity contribution < 1.29 is 14.5 Å². The van der Waals surface area contributed by atoms with E-state index in [-0.39, 0.29) is 23.1 Å². The number of carbonyl (C=O) groups is 2. The minimum atomic E-state index is -0.544. The van der Waals surface area contributed by atoms with Gasteiger partial charge in [-0.05, 0) is 43.2 Å². The number of anilines is 4. The molecule has 1 fully saturated rings. The SMILES string of the molecule is O=C(Nc1cccc(Nc2ccnc(NC(=O)C3CC3)c2)c1)c1cccc([N+](=O)[O-])c1. The Kier molecular flexibility index (Phi) is 5.57. The van der Waals surface area contributed by atoms with E-state index in [1.807, 2.05) is 6.07 Å². The van der Waals surface area contributed by atoms with Crippen LogP contribution in [0.1, 0.15) is 23.2 Å². The van der Waals surface area contributed by atoms with Crippen LogP contribution in [-0.2, 0) is 4.79 Å². The second-order valence-electron chi connectivity index (χ2n) is 7.16. The molecule has 3 aromatic rings. The number of benzene rings is 2. The average molecular weight is 417 g/mol. The van der Waals surface area contributed by atoms with Gasteiger partial charge in [0.15, 0.2) is 0 Å². The molecule has 31 heavy (non-hydrogen) atoms. The molecule has 3 N–H and O–H groups in total. The maximum absolute atomic E-state index is 12.5. The van der Waals surface area contributed by atoms with Crippen LogP contribution < -0.4 is 16.0 Å². The minimum Gasteiger partial charge on any atom is -0.355 e. The first-order valence-corrected chi connectivity index (χ1v) is 9.68. The van der Waals surface area contributed by atoms with Gasteiger partial charge in [0.1, 0.15) is 5.82 Å². The van der Waals surface area contributed by atoms with Gasteiger partial charge in [-0.3, -0.25) is 19.7 Å². The van der Waals surface area contributed by atoms with Crippen LogP contribution in [0.15, 0.2) is 66.9 Å². The highest BCUT2D eigenvalue weighted by molar-refractivity contribution is 6.04. The Morgan fingerprint density at radius 1 is 0.935 bits per heavy atom. The van der Waals surface area contributed by atoms with E-state index in [1.54, 1.807) is 36.5 Å². The van der Waals surface area contributed by atoms with Crippen molar-refractivity contribution in [2.45, 2.75) is 12.8 Å². The van der Waals surface area contributed by atoms with Gasteiger partial charge in [-0.25, -0.2) is 4.98 Å². The minimum absolute atomic E-state index is 0.0180. The van der Waals surface area contributed by atoms with Gasteiger partial charge >= 0.3 is 0 Å². The summed E-state index contributed by atoms with van der Waals surface area (Å²) in [6.07, 6.45) is 3.43. The fourth-order valence-corrected chi connectivity index (χ4v) is 2.96. The van der Waals surface area contributed by atoms with Gasteiger partial charge in [0, 0.05) is 52.9 Å². The number of carbonyl (C=O) groups excluding carboxylic acids is 2. The number of pyridine rings is 1. The molecule has 0 atom stereocenters. The van der Waals surface area contributed by atoms with Crippen molar-refractivity contribution in [3.63, 3.8) is 0 Å². The van der Waals surface area contributed by atoms with Crippen LogP contribution in [0.4, 0.5) is 28.6 Å². The molecule has 1 saturated carbocycles. The largest absolute Gasteiger partial charge is 0.355 e. The van der Waals surface area contributed by atoms with Crippen molar-refractivity contribution >= 4 is 40.4 Å². The maximum Gasteiger partial charge on any atom is 0.270 e. The van der Waals surface area contributed by atoms with Gasteiger partial charge < -0.3 is 16.0 Å². The van der Waals surface area contributed by atoms with Crippen LogP contribution in [0.3, 0.4) is 0 Å². The highest BCUT2D eigenvalue weighted by Crippen LogP contribution is 2.30. The summed E-state index contributed by atoms with van der Waals surface area (Å²) in [5.41, 5.74) is 2.01. The van der Waals surface area contributed by atoms with E-state index in [4.69, 9.17) is 0 Å². The molecule has 1 aliphatic rings. The molecule has 1 heterocycles. The highest BCUT2D eigenvalue weighted by Gasteiger charge is 2.29. The Morgan fingerprint density at radius 2 is 1.68 bits per heavy atom. The molecule has 2 amide bonds. The third-order valence-corrected chi connectivity index (χ3v) is 4.69. The van der Waals surface area contributed by atoms with Crippen molar-refractivity contribution in [2.75, 3.05) is 16.0 Å². The van der Waals surface area contributed by atoms with Crippen molar-refractivity contribution in [1.82, 2.24) is 4.98 Å². The number of rotatable bonds is 7.